The summed E-state index contributed by atoms with van der Waals surface area (Å²) in [4.78, 5) is 7.02. The smallest absolute Gasteiger partial charge is 0.119 e. The number of phenols is 1. The highest BCUT2D eigenvalue weighted by atomic mass is 16.3. The number of hydrogen-bond donors (Lipinski definition) is 3. The van der Waals surface area contributed by atoms with Crippen LogP contribution in [0.4, 0.5) is 0 Å². The Hall–Kier alpha value is -3.46. The number of rotatable bonds is 3. The lowest BCUT2D eigenvalue weighted by molar-refractivity contribution is 0.467. The predicted molar refractivity (Wildman–Crippen MR) is 125 cm³/mol. The topological polar surface area (TPSA) is 51.8 Å². The largest absolute Gasteiger partial charge is 0.508 e. The Morgan fingerprint density at radius 2 is 1.17 bits per heavy atom. The van der Waals surface area contributed by atoms with Crippen molar-refractivity contribution in [2.45, 2.75) is 33.6 Å². The van der Waals surface area contributed by atoms with Gasteiger partial charge in [-0.2, -0.15) is 0 Å². The van der Waals surface area contributed by atoms with Gasteiger partial charge in [-0.15, -0.1) is 0 Å². The van der Waals surface area contributed by atoms with Crippen molar-refractivity contribution < 1.29 is 5.11 Å². The second-order valence-electron chi connectivity index (χ2n) is 8.35. The fourth-order valence-electron chi connectivity index (χ4n) is 4.62. The van der Waals surface area contributed by atoms with Crippen LogP contribution in [0.2, 0.25) is 0 Å². The average Bonchev–Trinajstić information content (AvgIpc) is 3.18. The van der Waals surface area contributed by atoms with Gasteiger partial charge in [0.15, 0.2) is 0 Å². The summed E-state index contributed by atoms with van der Waals surface area (Å²) in [6.45, 7) is 8.52. The van der Waals surface area contributed by atoms with Gasteiger partial charge in [0, 0.05) is 44.7 Å². The van der Waals surface area contributed by atoms with Gasteiger partial charge in [0.2, 0.25) is 0 Å². The lowest BCUT2D eigenvalue weighted by atomic mass is 9.84. The maximum Gasteiger partial charge on any atom is 0.119 e. The van der Waals surface area contributed by atoms with Crippen LogP contribution >= 0.6 is 0 Å². The van der Waals surface area contributed by atoms with Crippen LogP contribution in [0.25, 0.3) is 21.8 Å². The summed E-state index contributed by atoms with van der Waals surface area (Å²) in [5.41, 5.74) is 10.5. The van der Waals surface area contributed by atoms with Crippen LogP contribution in [-0.4, -0.2) is 15.1 Å². The predicted octanol–water partition coefficient (Wildman–Crippen LogP) is 6.77. The van der Waals surface area contributed by atoms with Gasteiger partial charge in [0.05, 0.1) is 0 Å². The molecule has 2 aromatic heterocycles. The van der Waals surface area contributed by atoms with E-state index in [1.807, 2.05) is 18.2 Å². The van der Waals surface area contributed by atoms with E-state index in [9.17, 15) is 5.11 Å². The van der Waals surface area contributed by atoms with Gasteiger partial charge < -0.3 is 15.1 Å². The molecule has 5 rings (SSSR count). The number of H-pyrrole nitrogens is 2. The number of para-hydroxylation sites is 1. The number of aromatic nitrogens is 2. The number of phenolic OH excluding ortho intramolecular Hbond substituents is 1. The van der Waals surface area contributed by atoms with Crippen LogP contribution in [0, 0.1) is 27.7 Å². The third-order valence-corrected chi connectivity index (χ3v) is 6.58. The monoisotopic (exact) mass is 394 g/mol. The van der Waals surface area contributed by atoms with Crippen molar-refractivity contribution in [2.24, 2.45) is 0 Å². The van der Waals surface area contributed by atoms with Crippen LogP contribution in [0.1, 0.15) is 45.1 Å². The van der Waals surface area contributed by atoms with Crippen LogP contribution in [-0.2, 0) is 0 Å². The molecule has 30 heavy (non-hydrogen) atoms. The fraction of sp³-hybridized carbons (Fsp3) is 0.185. The number of fused-ring (bicyclic) bond motifs is 2. The van der Waals surface area contributed by atoms with Gasteiger partial charge in [-0.3, -0.25) is 0 Å². The summed E-state index contributed by atoms with van der Waals surface area (Å²) < 4.78 is 0. The standard InChI is InChI=1S/C27H26N2O/c1-15-17(3)28-24-13-19(9-11-21(15)24)27(23-7-5-6-8-26(23)30)20-10-12-22-16(2)18(4)29-25(22)14-20/h5-14,27-30H,1-4H3. The van der Waals surface area contributed by atoms with Crippen molar-refractivity contribution in [3.05, 3.63) is 99.9 Å². The molecule has 0 spiro atoms. The maximum absolute atomic E-state index is 10.7. The van der Waals surface area contributed by atoms with Crippen molar-refractivity contribution in [1.29, 1.82) is 0 Å². The van der Waals surface area contributed by atoms with E-state index in [1.54, 1.807) is 6.07 Å². The molecule has 0 bridgehead atoms. The van der Waals surface area contributed by atoms with E-state index >= 15 is 0 Å². The van der Waals surface area contributed by atoms with Gasteiger partial charge in [-0.05, 0) is 68.1 Å². The average molecular weight is 395 g/mol. The highest BCUT2D eigenvalue weighted by molar-refractivity contribution is 5.87. The van der Waals surface area contributed by atoms with Gasteiger partial charge >= 0.3 is 0 Å². The molecule has 2 heterocycles. The zero-order chi connectivity index (χ0) is 21.0. The Morgan fingerprint density at radius 1 is 0.667 bits per heavy atom. The van der Waals surface area contributed by atoms with E-state index in [-0.39, 0.29) is 5.92 Å². The van der Waals surface area contributed by atoms with Crippen molar-refractivity contribution in [3.63, 3.8) is 0 Å². The minimum Gasteiger partial charge on any atom is -0.508 e. The summed E-state index contributed by atoms with van der Waals surface area (Å²) in [5.74, 6) is 0.258. The first-order valence-electron chi connectivity index (χ1n) is 10.4. The van der Waals surface area contributed by atoms with E-state index in [0.717, 1.165) is 27.7 Å². The fourth-order valence-corrected chi connectivity index (χ4v) is 4.62. The van der Waals surface area contributed by atoms with Gasteiger partial charge in [-0.1, -0.05) is 42.5 Å². The SMILES string of the molecule is Cc1[nH]c2cc(C(c3ccc4c(C)c(C)[nH]c4c3)c3ccccc3O)ccc2c1C. The Kier molecular flexibility index (Phi) is 4.21. The summed E-state index contributed by atoms with van der Waals surface area (Å²) in [5, 5.41) is 13.2. The molecular weight excluding hydrogens is 368 g/mol. The number of aromatic amines is 2. The lowest BCUT2D eigenvalue weighted by Gasteiger charge is -2.20. The molecule has 3 heteroatoms. The molecule has 0 unspecified atom stereocenters. The molecule has 0 saturated heterocycles. The van der Waals surface area contributed by atoms with Gasteiger partial charge in [0.1, 0.15) is 5.75 Å². The van der Waals surface area contributed by atoms with Crippen molar-refractivity contribution >= 4 is 21.8 Å². The molecule has 0 fully saturated rings. The van der Waals surface area contributed by atoms with Crippen LogP contribution in [0.15, 0.2) is 60.7 Å². The molecule has 0 radical (unpaired) electrons. The summed E-state index contributed by atoms with van der Waals surface area (Å²) in [6.07, 6.45) is 0. The first-order chi connectivity index (χ1) is 14.4. The number of benzene rings is 3. The molecule has 3 N–H and O–H groups in total. The molecule has 0 amide bonds. The summed E-state index contributed by atoms with van der Waals surface area (Å²) >= 11 is 0. The van der Waals surface area contributed by atoms with Crippen molar-refractivity contribution in [2.75, 3.05) is 0 Å². The molecule has 5 aromatic rings. The molecule has 0 aliphatic carbocycles. The highest BCUT2D eigenvalue weighted by Crippen LogP contribution is 2.39. The molecule has 150 valence electrons. The van der Waals surface area contributed by atoms with E-state index in [2.05, 4.69) is 74.1 Å². The third kappa shape index (κ3) is 2.81. The molecule has 0 aliphatic heterocycles. The Labute approximate surface area is 176 Å². The Bertz CT molecular complexity index is 1320. The molecule has 3 nitrogen and oxygen atoms in total. The second kappa shape index (κ2) is 6.81. The quantitative estimate of drug-likeness (QED) is 0.291. The first kappa shape index (κ1) is 18.6. The van der Waals surface area contributed by atoms with Crippen molar-refractivity contribution in [1.82, 2.24) is 9.97 Å². The Morgan fingerprint density at radius 3 is 1.67 bits per heavy atom. The van der Waals surface area contributed by atoms with Gasteiger partial charge in [-0.25, -0.2) is 0 Å². The van der Waals surface area contributed by atoms with E-state index in [4.69, 9.17) is 0 Å². The number of nitrogens with one attached hydrogen (secondary N) is 2. The van der Waals surface area contributed by atoms with Crippen LogP contribution < -0.4 is 0 Å². The normalized spacial score (nSPS) is 11.8. The minimum atomic E-state index is -0.0622. The van der Waals surface area contributed by atoms with E-state index < -0.39 is 0 Å². The number of aryl methyl sites for hydroxylation is 4. The minimum absolute atomic E-state index is 0.0622. The third-order valence-electron chi connectivity index (χ3n) is 6.58. The maximum atomic E-state index is 10.7. The number of aromatic hydroxyl groups is 1. The molecule has 0 aliphatic rings. The summed E-state index contributed by atoms with van der Waals surface area (Å²) in [7, 11) is 0. The highest BCUT2D eigenvalue weighted by Gasteiger charge is 2.21. The van der Waals surface area contributed by atoms with Gasteiger partial charge in [0.25, 0.3) is 0 Å². The molecule has 0 atom stereocenters. The molecule has 3 aromatic carbocycles. The lowest BCUT2D eigenvalue weighted by Crippen LogP contribution is -2.04. The first-order valence-corrected chi connectivity index (χ1v) is 10.4. The van der Waals surface area contributed by atoms with E-state index in [1.165, 1.54) is 33.3 Å². The second-order valence-corrected chi connectivity index (χ2v) is 8.35. The van der Waals surface area contributed by atoms with Crippen LogP contribution in [0.3, 0.4) is 0 Å². The van der Waals surface area contributed by atoms with E-state index in [0.29, 0.717) is 5.75 Å². The zero-order valence-electron chi connectivity index (χ0n) is 17.8. The molecule has 0 saturated carbocycles. The van der Waals surface area contributed by atoms with Crippen LogP contribution in [0.5, 0.6) is 5.75 Å². The molecular formula is C27H26N2O. The Balaban J connectivity index is 1.75. The number of hydrogen-bond acceptors (Lipinski definition) is 1. The zero-order valence-corrected chi connectivity index (χ0v) is 17.8. The summed E-state index contributed by atoms with van der Waals surface area (Å²) in [6, 6.07) is 20.9. The van der Waals surface area contributed by atoms with Crippen molar-refractivity contribution in [3.8, 4) is 5.75 Å².